The largest absolute Gasteiger partial charge is 0.302 e. The van der Waals surface area contributed by atoms with Gasteiger partial charge in [-0.2, -0.15) is 0 Å². The molecule has 0 bridgehead atoms. The second-order valence-electron chi connectivity index (χ2n) is 3.49. The number of carbonyl (C=O) groups excluding carboxylic acids is 1. The molecule has 0 aromatic carbocycles. The van der Waals surface area contributed by atoms with Crippen LogP contribution in [0.5, 0.6) is 0 Å². The lowest BCUT2D eigenvalue weighted by Crippen LogP contribution is -2.21. The van der Waals surface area contributed by atoms with Crippen LogP contribution in [0.25, 0.3) is 0 Å². The van der Waals surface area contributed by atoms with Crippen molar-refractivity contribution in [1.82, 2.24) is 4.90 Å². The third-order valence-electron chi connectivity index (χ3n) is 1.80. The van der Waals surface area contributed by atoms with E-state index < -0.39 is 0 Å². The van der Waals surface area contributed by atoms with Crippen molar-refractivity contribution in [2.75, 3.05) is 20.6 Å². The Morgan fingerprint density at radius 3 is 2.46 bits per heavy atom. The second kappa shape index (κ2) is 4.03. The van der Waals surface area contributed by atoms with Crippen molar-refractivity contribution < 1.29 is 4.79 Å². The normalized spacial score (nSPS) is 10.8. The van der Waals surface area contributed by atoms with Gasteiger partial charge in [-0.3, -0.25) is 4.79 Å². The Kier molecular flexibility index (Phi) is 3.22. The predicted octanol–water partition coefficient (Wildman–Crippen LogP) is 2.11. The molecule has 0 atom stereocenters. The Hall–Kier alpha value is -0.670. The molecule has 0 aliphatic carbocycles. The quantitative estimate of drug-likeness (QED) is 0.692. The summed E-state index contributed by atoms with van der Waals surface area (Å²) in [6, 6.07) is 1.98. The molecule has 0 N–H and O–H groups in total. The van der Waals surface area contributed by atoms with Gasteiger partial charge < -0.3 is 4.90 Å². The van der Waals surface area contributed by atoms with Gasteiger partial charge >= 0.3 is 0 Å². The lowest BCUT2D eigenvalue weighted by Gasteiger charge is -2.07. The Morgan fingerprint density at radius 1 is 1.46 bits per heavy atom. The summed E-state index contributed by atoms with van der Waals surface area (Å²) in [7, 11) is 3.82. The Morgan fingerprint density at radius 2 is 2.08 bits per heavy atom. The fraction of sp³-hybridized carbons (Fsp3) is 0.500. The summed E-state index contributed by atoms with van der Waals surface area (Å²) < 4.78 is 0. The third kappa shape index (κ3) is 2.64. The number of thiophene rings is 1. The number of hydrogen-bond acceptors (Lipinski definition) is 3. The predicted molar refractivity (Wildman–Crippen MR) is 56.7 cm³/mol. The van der Waals surface area contributed by atoms with Crippen molar-refractivity contribution in [2.45, 2.75) is 13.8 Å². The summed E-state index contributed by atoms with van der Waals surface area (Å²) in [4.78, 5) is 15.9. The van der Waals surface area contributed by atoms with Crippen LogP contribution in [0.4, 0.5) is 0 Å². The highest BCUT2D eigenvalue weighted by atomic mass is 32.1. The molecular formula is C10H15NOS. The first-order valence-electron chi connectivity index (χ1n) is 4.25. The van der Waals surface area contributed by atoms with Gasteiger partial charge in [-0.25, -0.2) is 0 Å². The fourth-order valence-corrected chi connectivity index (χ4v) is 2.22. The standard InChI is InChI=1S/C10H15NOS/c1-7-5-9(8(2)13-7)10(12)6-11(3)4/h5H,6H2,1-4H3. The third-order valence-corrected chi connectivity index (χ3v) is 2.77. The molecule has 0 saturated carbocycles. The summed E-state index contributed by atoms with van der Waals surface area (Å²) in [5, 5.41) is 0. The van der Waals surface area contributed by atoms with Gasteiger partial charge in [-0.05, 0) is 34.0 Å². The van der Waals surface area contributed by atoms with E-state index in [2.05, 4.69) is 0 Å². The molecule has 13 heavy (non-hydrogen) atoms. The minimum Gasteiger partial charge on any atom is -0.302 e. The molecule has 0 radical (unpaired) electrons. The molecule has 1 heterocycles. The number of hydrogen-bond donors (Lipinski definition) is 0. The van der Waals surface area contributed by atoms with E-state index >= 15 is 0 Å². The first-order chi connectivity index (χ1) is 6.00. The summed E-state index contributed by atoms with van der Waals surface area (Å²) in [6.07, 6.45) is 0. The highest BCUT2D eigenvalue weighted by Crippen LogP contribution is 2.20. The molecule has 0 unspecified atom stereocenters. The van der Waals surface area contributed by atoms with E-state index in [-0.39, 0.29) is 5.78 Å². The van der Waals surface area contributed by atoms with E-state index in [1.807, 2.05) is 38.9 Å². The maximum absolute atomic E-state index is 11.7. The van der Waals surface area contributed by atoms with E-state index in [1.165, 1.54) is 4.88 Å². The molecule has 1 aromatic heterocycles. The average molecular weight is 197 g/mol. The van der Waals surface area contributed by atoms with Crippen LogP contribution in [0.15, 0.2) is 6.07 Å². The molecule has 0 spiro atoms. The van der Waals surface area contributed by atoms with Crippen LogP contribution in [-0.2, 0) is 0 Å². The van der Waals surface area contributed by atoms with Crippen molar-refractivity contribution in [3.63, 3.8) is 0 Å². The van der Waals surface area contributed by atoms with Crippen LogP contribution in [-0.4, -0.2) is 31.3 Å². The number of likely N-dealkylation sites (N-methyl/N-ethyl adjacent to an activating group) is 1. The maximum atomic E-state index is 11.7. The van der Waals surface area contributed by atoms with Gasteiger partial charge in [0.25, 0.3) is 0 Å². The Labute approximate surface area is 83.2 Å². The van der Waals surface area contributed by atoms with Gasteiger partial charge in [0.15, 0.2) is 5.78 Å². The molecular weight excluding hydrogens is 182 g/mol. The minimum atomic E-state index is 0.215. The van der Waals surface area contributed by atoms with Gasteiger partial charge in [-0.1, -0.05) is 0 Å². The molecule has 0 aliphatic rings. The molecule has 0 amide bonds. The van der Waals surface area contributed by atoms with Gasteiger partial charge in [0.05, 0.1) is 6.54 Å². The highest BCUT2D eigenvalue weighted by molar-refractivity contribution is 7.12. The van der Waals surface area contributed by atoms with Crippen LogP contribution in [0.1, 0.15) is 20.1 Å². The van der Waals surface area contributed by atoms with E-state index in [9.17, 15) is 4.79 Å². The van der Waals surface area contributed by atoms with E-state index in [1.54, 1.807) is 11.3 Å². The SMILES string of the molecule is Cc1cc(C(=O)CN(C)C)c(C)s1. The summed E-state index contributed by atoms with van der Waals surface area (Å²) in [6.45, 7) is 4.53. The molecule has 0 aliphatic heterocycles. The number of Topliss-reactive ketones (excluding diaryl/α,β-unsaturated/α-hetero) is 1. The zero-order chi connectivity index (χ0) is 10.0. The topological polar surface area (TPSA) is 20.3 Å². The van der Waals surface area contributed by atoms with Crippen LogP contribution in [0.3, 0.4) is 0 Å². The maximum Gasteiger partial charge on any atom is 0.177 e. The van der Waals surface area contributed by atoms with Crippen molar-refractivity contribution >= 4 is 17.1 Å². The summed E-state index contributed by atoms with van der Waals surface area (Å²) in [5.74, 6) is 0.215. The van der Waals surface area contributed by atoms with Crippen LogP contribution < -0.4 is 0 Å². The fourth-order valence-electron chi connectivity index (χ4n) is 1.28. The van der Waals surface area contributed by atoms with E-state index in [4.69, 9.17) is 0 Å². The van der Waals surface area contributed by atoms with Gasteiger partial charge in [0.1, 0.15) is 0 Å². The first kappa shape index (κ1) is 10.4. The van der Waals surface area contributed by atoms with Crippen LogP contribution in [0.2, 0.25) is 0 Å². The second-order valence-corrected chi connectivity index (χ2v) is 4.95. The van der Waals surface area contributed by atoms with E-state index in [0.717, 1.165) is 10.4 Å². The van der Waals surface area contributed by atoms with E-state index in [0.29, 0.717) is 6.54 Å². The Balaban J connectivity index is 2.82. The minimum absolute atomic E-state index is 0.215. The highest BCUT2D eigenvalue weighted by Gasteiger charge is 2.11. The lowest BCUT2D eigenvalue weighted by atomic mass is 10.1. The van der Waals surface area contributed by atoms with Crippen LogP contribution >= 0.6 is 11.3 Å². The zero-order valence-corrected chi connectivity index (χ0v) is 9.36. The van der Waals surface area contributed by atoms with Crippen molar-refractivity contribution in [3.8, 4) is 0 Å². The monoisotopic (exact) mass is 197 g/mol. The summed E-state index contributed by atoms with van der Waals surface area (Å²) >= 11 is 1.69. The Bertz CT molecular complexity index is 315. The number of rotatable bonds is 3. The molecule has 1 rings (SSSR count). The van der Waals surface area contributed by atoms with Crippen molar-refractivity contribution in [2.24, 2.45) is 0 Å². The molecule has 0 saturated heterocycles. The number of ketones is 1. The molecule has 2 nitrogen and oxygen atoms in total. The lowest BCUT2D eigenvalue weighted by molar-refractivity contribution is 0.0957. The summed E-state index contributed by atoms with van der Waals surface area (Å²) in [5.41, 5.74) is 0.885. The number of carbonyl (C=O) groups is 1. The van der Waals surface area contributed by atoms with Gasteiger partial charge in [0.2, 0.25) is 0 Å². The first-order valence-corrected chi connectivity index (χ1v) is 5.07. The van der Waals surface area contributed by atoms with Crippen molar-refractivity contribution in [3.05, 3.63) is 21.4 Å². The van der Waals surface area contributed by atoms with Gasteiger partial charge in [0, 0.05) is 15.3 Å². The molecule has 1 aromatic rings. The van der Waals surface area contributed by atoms with Gasteiger partial charge in [-0.15, -0.1) is 11.3 Å². The molecule has 72 valence electrons. The van der Waals surface area contributed by atoms with Crippen LogP contribution in [0, 0.1) is 13.8 Å². The molecule has 3 heteroatoms. The van der Waals surface area contributed by atoms with Crippen molar-refractivity contribution in [1.29, 1.82) is 0 Å². The average Bonchev–Trinajstić information content (AvgIpc) is 2.28. The number of nitrogens with zero attached hydrogens (tertiary/aromatic N) is 1. The number of aryl methyl sites for hydroxylation is 2. The zero-order valence-electron chi connectivity index (χ0n) is 8.55. The smallest absolute Gasteiger partial charge is 0.177 e. The molecule has 0 fully saturated rings.